The molecule has 7 rings (SSSR count). The molecule has 1 aliphatic heterocycles. The van der Waals surface area contributed by atoms with Crippen LogP contribution < -0.4 is 4.90 Å². The Balaban J connectivity index is 1.49. The predicted molar refractivity (Wildman–Crippen MR) is 132 cm³/mol. The molecule has 1 saturated heterocycles. The number of carbonyl (C=O) groups excluding carboxylic acids is 3. The van der Waals surface area contributed by atoms with Gasteiger partial charge in [0.15, 0.2) is 0 Å². The average molecular weight is 466 g/mol. The van der Waals surface area contributed by atoms with Crippen LogP contribution in [0.5, 0.6) is 0 Å². The zero-order valence-corrected chi connectivity index (χ0v) is 20.2. The summed E-state index contributed by atoms with van der Waals surface area (Å²) in [6.07, 6.45) is -0.229. The lowest BCUT2D eigenvalue weighted by Crippen LogP contribution is -2.59. The van der Waals surface area contributed by atoms with E-state index in [4.69, 9.17) is 4.74 Å². The Morgan fingerprint density at radius 2 is 1.14 bits per heavy atom. The van der Waals surface area contributed by atoms with Crippen molar-refractivity contribution in [2.75, 3.05) is 4.90 Å². The van der Waals surface area contributed by atoms with Gasteiger partial charge >= 0.3 is 5.97 Å². The molecule has 0 aromatic heterocycles. The van der Waals surface area contributed by atoms with Crippen LogP contribution in [0.25, 0.3) is 0 Å². The lowest BCUT2D eigenvalue weighted by atomic mass is 9.42. The highest BCUT2D eigenvalue weighted by atomic mass is 16.5. The van der Waals surface area contributed by atoms with E-state index < -0.39 is 28.6 Å². The zero-order chi connectivity index (χ0) is 24.7. The number of amides is 2. The third-order valence-electron chi connectivity index (χ3n) is 8.35. The van der Waals surface area contributed by atoms with Gasteiger partial charge in [-0.3, -0.25) is 9.59 Å². The van der Waals surface area contributed by atoms with Gasteiger partial charge in [-0.25, -0.2) is 9.69 Å². The molecule has 2 bridgehead atoms. The highest BCUT2D eigenvalue weighted by molar-refractivity contribution is 6.24. The molecule has 0 unspecified atom stereocenters. The van der Waals surface area contributed by atoms with Crippen LogP contribution in [0.2, 0.25) is 0 Å². The van der Waals surface area contributed by atoms with Crippen LogP contribution in [-0.2, 0) is 25.2 Å². The molecule has 3 aromatic rings. The quantitative estimate of drug-likeness (QED) is 0.404. The van der Waals surface area contributed by atoms with Gasteiger partial charge < -0.3 is 4.74 Å². The molecule has 3 aliphatic carbocycles. The number of carbonyl (C=O) groups is 3. The summed E-state index contributed by atoms with van der Waals surface area (Å²) in [5, 5.41) is 0. The van der Waals surface area contributed by atoms with Crippen molar-refractivity contribution in [2.24, 2.45) is 11.8 Å². The Bertz CT molecular complexity index is 1280. The number of anilines is 1. The molecular formula is C30H27NO4. The minimum absolute atomic E-state index is 0.185. The second-order valence-corrected chi connectivity index (χ2v) is 10.5. The second kappa shape index (κ2) is 7.14. The van der Waals surface area contributed by atoms with E-state index in [0.29, 0.717) is 11.3 Å². The van der Waals surface area contributed by atoms with Gasteiger partial charge in [0.1, 0.15) is 0 Å². The van der Waals surface area contributed by atoms with Gasteiger partial charge in [0.05, 0.1) is 29.2 Å². The molecule has 5 nitrogen and oxygen atoms in total. The Kier molecular flexibility index (Phi) is 4.44. The Labute approximate surface area is 204 Å². The van der Waals surface area contributed by atoms with Crippen molar-refractivity contribution in [2.45, 2.75) is 44.6 Å². The molecule has 2 amide bonds. The maximum atomic E-state index is 14.1. The Morgan fingerprint density at radius 1 is 0.743 bits per heavy atom. The van der Waals surface area contributed by atoms with E-state index >= 15 is 0 Å². The van der Waals surface area contributed by atoms with Crippen LogP contribution in [0, 0.1) is 11.8 Å². The number of rotatable bonds is 3. The molecule has 5 heteroatoms. The van der Waals surface area contributed by atoms with Gasteiger partial charge in [0.25, 0.3) is 0 Å². The normalized spacial score (nSPS) is 28.1. The minimum atomic E-state index is -0.613. The van der Waals surface area contributed by atoms with Gasteiger partial charge in [-0.1, -0.05) is 62.4 Å². The fourth-order valence-electron chi connectivity index (χ4n) is 6.85. The fourth-order valence-corrected chi connectivity index (χ4v) is 6.85. The molecule has 0 N–H and O–H groups in total. The van der Waals surface area contributed by atoms with E-state index in [1.54, 1.807) is 38.1 Å². The standard InChI is InChI=1S/C30H27NO4/c1-17(2)35-28(34)18-13-15-19(16-14-18)31-26(32)24-25(27(31)33)30(4)22-11-7-5-9-20(22)29(24,3)21-10-6-8-12-23(21)30/h5-17,24-25H,1-4H3/t24-,25-,29?,30?/m1/s1. The molecule has 3 aromatic carbocycles. The van der Waals surface area contributed by atoms with Crippen LogP contribution >= 0.6 is 0 Å². The van der Waals surface area contributed by atoms with Crippen molar-refractivity contribution in [3.8, 4) is 0 Å². The summed E-state index contributed by atoms with van der Waals surface area (Å²) < 4.78 is 5.27. The van der Waals surface area contributed by atoms with Crippen molar-refractivity contribution >= 4 is 23.5 Å². The highest BCUT2D eigenvalue weighted by Gasteiger charge is 2.70. The first-order chi connectivity index (χ1) is 16.7. The number of esters is 1. The summed E-state index contributed by atoms with van der Waals surface area (Å²) in [5.74, 6) is -1.81. The number of hydrogen-bond donors (Lipinski definition) is 0. The number of ether oxygens (including phenoxy) is 1. The van der Waals surface area contributed by atoms with Crippen LogP contribution in [0.15, 0.2) is 72.8 Å². The molecule has 35 heavy (non-hydrogen) atoms. The number of hydrogen-bond acceptors (Lipinski definition) is 4. The van der Waals surface area contributed by atoms with Crippen molar-refractivity contribution in [3.05, 3.63) is 101 Å². The first kappa shape index (κ1) is 21.8. The first-order valence-electron chi connectivity index (χ1n) is 12.1. The minimum Gasteiger partial charge on any atom is -0.459 e. The van der Waals surface area contributed by atoms with Gasteiger partial charge in [0.2, 0.25) is 11.8 Å². The van der Waals surface area contributed by atoms with E-state index in [1.807, 2.05) is 24.3 Å². The van der Waals surface area contributed by atoms with E-state index in [1.165, 1.54) is 4.90 Å². The van der Waals surface area contributed by atoms with Crippen LogP contribution in [0.3, 0.4) is 0 Å². The molecule has 2 atom stereocenters. The van der Waals surface area contributed by atoms with E-state index in [2.05, 4.69) is 38.1 Å². The smallest absolute Gasteiger partial charge is 0.338 e. The van der Waals surface area contributed by atoms with Crippen LogP contribution in [0.4, 0.5) is 5.69 Å². The van der Waals surface area contributed by atoms with E-state index in [9.17, 15) is 14.4 Å². The maximum Gasteiger partial charge on any atom is 0.338 e. The monoisotopic (exact) mass is 465 g/mol. The predicted octanol–water partition coefficient (Wildman–Crippen LogP) is 5.00. The van der Waals surface area contributed by atoms with Gasteiger partial charge in [-0.15, -0.1) is 0 Å². The van der Waals surface area contributed by atoms with Gasteiger partial charge in [-0.05, 0) is 60.4 Å². The molecular weight excluding hydrogens is 438 g/mol. The first-order valence-corrected chi connectivity index (χ1v) is 12.1. The highest BCUT2D eigenvalue weighted by Crippen LogP contribution is 2.66. The summed E-state index contributed by atoms with van der Waals surface area (Å²) in [5.41, 5.74) is 4.13. The molecule has 0 saturated carbocycles. The second-order valence-electron chi connectivity index (χ2n) is 10.5. The molecule has 4 aliphatic rings. The molecule has 1 heterocycles. The average Bonchev–Trinajstić information content (AvgIpc) is 3.13. The lowest BCUT2D eigenvalue weighted by molar-refractivity contribution is -0.124. The van der Waals surface area contributed by atoms with E-state index in [0.717, 1.165) is 22.3 Å². The number of nitrogens with zero attached hydrogens (tertiary/aromatic N) is 1. The summed E-state index contributed by atoms with van der Waals surface area (Å²) in [7, 11) is 0. The fraction of sp³-hybridized carbons (Fsp3) is 0.300. The van der Waals surface area contributed by atoms with Crippen molar-refractivity contribution in [1.29, 1.82) is 0 Å². The number of benzene rings is 3. The summed E-state index contributed by atoms with van der Waals surface area (Å²) >= 11 is 0. The van der Waals surface area contributed by atoms with E-state index in [-0.39, 0.29) is 17.9 Å². The summed E-state index contributed by atoms with van der Waals surface area (Å²) in [6.45, 7) is 7.81. The topological polar surface area (TPSA) is 63.7 Å². The van der Waals surface area contributed by atoms with Gasteiger partial charge in [0, 0.05) is 10.8 Å². The molecule has 0 spiro atoms. The Hall–Kier alpha value is -3.73. The lowest BCUT2D eigenvalue weighted by Gasteiger charge is -2.57. The number of imide groups is 1. The third-order valence-corrected chi connectivity index (χ3v) is 8.35. The summed E-state index contributed by atoms with van der Waals surface area (Å²) in [4.78, 5) is 41.8. The largest absolute Gasteiger partial charge is 0.459 e. The van der Waals surface area contributed by atoms with Crippen LogP contribution in [-0.4, -0.2) is 23.9 Å². The summed E-state index contributed by atoms with van der Waals surface area (Å²) in [6, 6.07) is 23.0. The van der Waals surface area contributed by atoms with Crippen LogP contribution in [0.1, 0.15) is 60.3 Å². The SMILES string of the molecule is CC(C)OC(=O)c1ccc(N2C(=O)[C@H]3[C@H](C2=O)C2(C)c4ccccc4C3(C)c3ccccc32)cc1. The third kappa shape index (κ3) is 2.61. The van der Waals surface area contributed by atoms with Crippen molar-refractivity contribution in [3.63, 3.8) is 0 Å². The zero-order valence-electron chi connectivity index (χ0n) is 20.2. The Morgan fingerprint density at radius 3 is 1.51 bits per heavy atom. The van der Waals surface area contributed by atoms with Gasteiger partial charge in [-0.2, -0.15) is 0 Å². The molecule has 1 fully saturated rings. The molecule has 0 radical (unpaired) electrons. The molecule has 176 valence electrons. The van der Waals surface area contributed by atoms with Crippen molar-refractivity contribution < 1.29 is 19.1 Å². The maximum absolute atomic E-state index is 14.1. The van der Waals surface area contributed by atoms with Crippen molar-refractivity contribution in [1.82, 2.24) is 0 Å².